The second-order valence-corrected chi connectivity index (χ2v) is 6.09. The molecule has 0 heterocycles. The Balaban J connectivity index is 6.91. The zero-order valence-corrected chi connectivity index (χ0v) is 12.3. The molecule has 0 aromatic carbocycles. The molecule has 1 atom stereocenters. The van der Waals surface area contributed by atoms with Gasteiger partial charge in [0.05, 0.1) is 7.11 Å². The summed E-state index contributed by atoms with van der Waals surface area (Å²) in [5.74, 6) is -32.5. The first-order valence-electron chi connectivity index (χ1n) is 5.27. The van der Waals surface area contributed by atoms with Crippen LogP contribution in [0.1, 0.15) is 0 Å². The van der Waals surface area contributed by atoms with Gasteiger partial charge in [0.2, 0.25) is 0 Å². The van der Waals surface area contributed by atoms with Gasteiger partial charge in [0.25, 0.3) is 0 Å². The first-order chi connectivity index (χ1) is 11.0. The summed E-state index contributed by atoms with van der Waals surface area (Å²) in [5.41, 5.74) is 0. The lowest BCUT2D eigenvalue weighted by molar-refractivity contribution is -0.427. The maximum absolute atomic E-state index is 13.7. The van der Waals surface area contributed by atoms with Crippen molar-refractivity contribution in [2.75, 3.05) is 7.11 Å². The van der Waals surface area contributed by atoms with E-state index >= 15 is 0 Å². The smallest absolute Gasteiger partial charge is 0.270 e. The van der Waals surface area contributed by atoms with Crippen molar-refractivity contribution in [3.8, 4) is 0 Å². The fourth-order valence-corrected chi connectivity index (χ4v) is 2.14. The predicted molar refractivity (Wildman–Crippen MR) is 51.7 cm³/mol. The highest BCUT2D eigenvalue weighted by Crippen LogP contribution is 2.61. The van der Waals surface area contributed by atoms with Gasteiger partial charge in [-0.3, -0.25) is 8.98 Å². The van der Waals surface area contributed by atoms with Crippen molar-refractivity contribution >= 4 is 16.2 Å². The zero-order valence-electron chi connectivity index (χ0n) is 11.5. The van der Waals surface area contributed by atoms with E-state index < -0.39 is 51.0 Å². The Morgan fingerprint density at radius 2 is 1.00 bits per heavy atom. The van der Waals surface area contributed by atoms with Crippen LogP contribution in [0.5, 0.6) is 0 Å². The lowest BCUT2D eigenvalue weighted by Gasteiger charge is -2.39. The molecule has 1 unspecified atom stereocenters. The van der Waals surface area contributed by atoms with Gasteiger partial charge < -0.3 is 0 Å². The molecule has 0 aromatic rings. The van der Waals surface area contributed by atoms with Gasteiger partial charge in [0.15, 0.2) is 0 Å². The van der Waals surface area contributed by atoms with Crippen LogP contribution in [0.15, 0.2) is 0 Å². The molecule has 26 heavy (non-hydrogen) atoms. The molecule has 0 rings (SSSR count). The number of hydrogen-bond acceptors (Lipinski definition) is 4. The lowest BCUT2D eigenvalue weighted by atomic mass is 9.95. The molecule has 0 saturated heterocycles. The van der Waals surface area contributed by atoms with Crippen LogP contribution in [0.25, 0.3) is 0 Å². The Kier molecular flexibility index (Phi) is 5.78. The summed E-state index contributed by atoms with van der Waals surface area (Å²) in [6.45, 7) is 0. The number of carbonyl (C=O) groups is 1. The molecule has 0 aliphatic heterocycles. The van der Waals surface area contributed by atoms with E-state index in [1.807, 2.05) is 0 Å². The Bertz CT molecular complexity index is 666. The molecule has 0 aromatic heterocycles. The van der Waals surface area contributed by atoms with Gasteiger partial charge in [-0.2, -0.15) is 61.1 Å². The third-order valence-corrected chi connectivity index (χ3v) is 4.30. The highest BCUT2D eigenvalue weighted by atomic mass is 32.2. The summed E-state index contributed by atoms with van der Waals surface area (Å²) in [6, 6.07) is -4.66. The SMILES string of the molecule is COS(=O)(=O)C(F)(C(=O)F)C(F)(F)C(F)(F)C(F)(F)C(F)(F)C(F)(F)F. The largest absolute Gasteiger partial charge is 0.460 e. The van der Waals surface area contributed by atoms with E-state index in [-0.39, 0.29) is 7.11 Å². The van der Waals surface area contributed by atoms with E-state index in [0.717, 1.165) is 0 Å². The average molecular weight is 442 g/mol. The number of carbonyl (C=O) groups excluding carboxylic acids is 1. The molecule has 0 aliphatic carbocycles. The van der Waals surface area contributed by atoms with Crippen LogP contribution in [0, 0.1) is 0 Å². The highest BCUT2D eigenvalue weighted by molar-refractivity contribution is 7.88. The number of hydrogen-bond donors (Lipinski definition) is 0. The van der Waals surface area contributed by atoms with Crippen LogP contribution >= 0.6 is 0 Å². The Labute approximate surface area is 134 Å². The lowest BCUT2D eigenvalue weighted by Crippen LogP contribution is -2.73. The van der Waals surface area contributed by atoms with Crippen LogP contribution in [0.2, 0.25) is 0 Å². The van der Waals surface area contributed by atoms with Gasteiger partial charge in [0.1, 0.15) is 0 Å². The molecular formula is C8H3F13O4S. The highest BCUT2D eigenvalue weighted by Gasteiger charge is 2.93. The first-order valence-corrected chi connectivity index (χ1v) is 6.68. The van der Waals surface area contributed by atoms with Gasteiger partial charge in [-0.1, -0.05) is 0 Å². The van der Waals surface area contributed by atoms with Gasteiger partial charge >= 0.3 is 51.0 Å². The van der Waals surface area contributed by atoms with Crippen molar-refractivity contribution < 1.29 is 74.5 Å². The zero-order chi connectivity index (χ0) is 21.8. The van der Waals surface area contributed by atoms with Crippen molar-refractivity contribution in [3.63, 3.8) is 0 Å². The van der Waals surface area contributed by atoms with Crippen molar-refractivity contribution in [2.45, 2.75) is 34.9 Å². The van der Waals surface area contributed by atoms with Crippen LogP contribution in [0.3, 0.4) is 0 Å². The van der Waals surface area contributed by atoms with E-state index in [4.69, 9.17) is 0 Å². The van der Waals surface area contributed by atoms with Gasteiger partial charge in [-0.25, -0.2) is 4.39 Å². The van der Waals surface area contributed by atoms with E-state index in [1.54, 1.807) is 0 Å². The van der Waals surface area contributed by atoms with Gasteiger partial charge in [0, 0.05) is 0 Å². The minimum absolute atomic E-state index is 0.372. The topological polar surface area (TPSA) is 60.4 Å². The summed E-state index contributed by atoms with van der Waals surface area (Å²) >= 11 is 0. The fourth-order valence-electron chi connectivity index (χ4n) is 1.27. The summed E-state index contributed by atoms with van der Waals surface area (Å²) in [6.07, 6.45) is -7.63. The van der Waals surface area contributed by atoms with Crippen LogP contribution < -0.4 is 0 Å². The standard InChI is InChI=1S/C8H3F13O4S/c1-25-26(23,24)3(10,2(9)22)4(11,12)5(13,14)6(15,16)7(17,18)8(19,20)21/h1H3. The van der Waals surface area contributed by atoms with Gasteiger partial charge in [-0.05, 0) is 0 Å². The molecule has 0 radical (unpaired) electrons. The molecule has 156 valence electrons. The maximum Gasteiger partial charge on any atom is 0.460 e. The molecule has 0 N–H and O–H groups in total. The van der Waals surface area contributed by atoms with E-state index in [0.29, 0.717) is 0 Å². The molecule has 0 spiro atoms. The van der Waals surface area contributed by atoms with Gasteiger partial charge in [-0.15, -0.1) is 0 Å². The molecule has 0 fully saturated rings. The summed E-state index contributed by atoms with van der Waals surface area (Å²) in [7, 11) is -7.59. The molecule has 0 bridgehead atoms. The molecule has 0 aliphatic rings. The van der Waals surface area contributed by atoms with Crippen molar-refractivity contribution in [1.82, 2.24) is 0 Å². The first kappa shape index (κ1) is 24.7. The minimum atomic E-state index is -8.28. The van der Waals surface area contributed by atoms with Crippen LogP contribution in [-0.2, 0) is 19.1 Å². The molecule has 0 amide bonds. The quantitative estimate of drug-likeness (QED) is 0.345. The molecule has 0 saturated carbocycles. The summed E-state index contributed by atoms with van der Waals surface area (Å²) in [5, 5.41) is -7.09. The molecule has 18 heteroatoms. The third kappa shape index (κ3) is 2.80. The Hall–Kier alpha value is -1.33. The monoisotopic (exact) mass is 442 g/mol. The average Bonchev–Trinajstić information content (AvgIpc) is 2.43. The molecule has 4 nitrogen and oxygen atoms in total. The summed E-state index contributed by atoms with van der Waals surface area (Å²) in [4.78, 5) is 10.2. The van der Waals surface area contributed by atoms with Crippen LogP contribution in [-0.4, -0.2) is 56.4 Å². The number of halogens is 13. The summed E-state index contributed by atoms with van der Waals surface area (Å²) < 4.78 is 190. The van der Waals surface area contributed by atoms with E-state index in [2.05, 4.69) is 4.18 Å². The predicted octanol–water partition coefficient (Wildman–Crippen LogP) is 3.23. The van der Waals surface area contributed by atoms with E-state index in [9.17, 15) is 70.3 Å². The second kappa shape index (κ2) is 6.10. The number of rotatable bonds is 7. The molecular weight excluding hydrogens is 439 g/mol. The fraction of sp³-hybridized carbons (Fsp3) is 0.875. The Morgan fingerprint density at radius 3 is 1.23 bits per heavy atom. The normalized spacial score (nSPS) is 17.8. The van der Waals surface area contributed by atoms with Crippen molar-refractivity contribution in [1.29, 1.82) is 0 Å². The number of alkyl halides is 12. The van der Waals surface area contributed by atoms with Crippen molar-refractivity contribution in [2.24, 2.45) is 0 Å². The van der Waals surface area contributed by atoms with E-state index in [1.165, 1.54) is 0 Å². The van der Waals surface area contributed by atoms with Crippen LogP contribution in [0.4, 0.5) is 57.1 Å². The minimum Gasteiger partial charge on any atom is -0.270 e. The second-order valence-electron chi connectivity index (χ2n) is 4.29. The van der Waals surface area contributed by atoms with Crippen molar-refractivity contribution in [3.05, 3.63) is 0 Å². The third-order valence-electron chi connectivity index (χ3n) is 2.76. The Morgan fingerprint density at radius 1 is 0.692 bits per heavy atom. The maximum atomic E-state index is 13.7.